The lowest BCUT2D eigenvalue weighted by molar-refractivity contribution is 0.102. The van der Waals surface area contributed by atoms with Gasteiger partial charge in [0.15, 0.2) is 5.82 Å². The summed E-state index contributed by atoms with van der Waals surface area (Å²) in [5, 5.41) is 6.83. The fourth-order valence-electron chi connectivity index (χ4n) is 1.74. The fraction of sp³-hybridized carbons (Fsp3) is 0. The molecule has 3 aromatic rings. The molecule has 1 N–H and O–H groups in total. The van der Waals surface area contributed by atoms with E-state index in [1.165, 1.54) is 0 Å². The number of nitrogens with zero attached hydrogens (tertiary/aromatic N) is 4. The molecule has 0 fully saturated rings. The van der Waals surface area contributed by atoms with E-state index in [0.717, 1.165) is 0 Å². The first-order valence-corrected chi connectivity index (χ1v) is 6.91. The third-order valence-electron chi connectivity index (χ3n) is 2.72. The number of anilines is 1. The highest BCUT2D eigenvalue weighted by Gasteiger charge is 2.11. The summed E-state index contributed by atoms with van der Waals surface area (Å²) in [5.41, 5.74) is 0.919. The number of nitrogens with one attached hydrogen (secondary N) is 1. The van der Waals surface area contributed by atoms with Gasteiger partial charge >= 0.3 is 0 Å². The lowest BCUT2D eigenvalue weighted by Crippen LogP contribution is -2.14. The van der Waals surface area contributed by atoms with Crippen LogP contribution in [-0.2, 0) is 0 Å². The van der Waals surface area contributed by atoms with E-state index in [2.05, 4.69) is 36.3 Å². The highest BCUT2D eigenvalue weighted by Crippen LogP contribution is 2.16. The minimum absolute atomic E-state index is 0.295. The van der Waals surface area contributed by atoms with Gasteiger partial charge in [0.2, 0.25) is 0 Å². The summed E-state index contributed by atoms with van der Waals surface area (Å²) in [5.74, 6) is 0.383. The number of hydrogen-bond donors (Lipinski definition) is 1. The summed E-state index contributed by atoms with van der Waals surface area (Å²) in [6, 6.07) is 8.87. The molecule has 0 saturated heterocycles. The molecule has 0 spiro atoms. The van der Waals surface area contributed by atoms with Crippen molar-refractivity contribution in [3.63, 3.8) is 0 Å². The third-order valence-corrected chi connectivity index (χ3v) is 3.36. The van der Waals surface area contributed by atoms with Crippen molar-refractivity contribution in [3.8, 4) is 5.82 Å². The predicted octanol–water partition coefficient (Wildman–Crippen LogP) is 2.68. The van der Waals surface area contributed by atoms with Crippen LogP contribution in [0.15, 0.2) is 59.6 Å². The van der Waals surface area contributed by atoms with Crippen LogP contribution >= 0.6 is 15.9 Å². The van der Waals surface area contributed by atoms with Gasteiger partial charge in [0.1, 0.15) is 5.69 Å². The molecule has 0 aliphatic rings. The third kappa shape index (κ3) is 2.97. The van der Waals surface area contributed by atoms with Crippen LogP contribution in [0.5, 0.6) is 0 Å². The van der Waals surface area contributed by atoms with Crippen molar-refractivity contribution in [3.05, 3.63) is 65.3 Å². The van der Waals surface area contributed by atoms with E-state index in [-0.39, 0.29) is 5.91 Å². The van der Waals surface area contributed by atoms with Gasteiger partial charge in [0.25, 0.3) is 5.91 Å². The molecular weight excluding hydrogens is 334 g/mol. The molecule has 0 radical (unpaired) electrons. The zero-order valence-electron chi connectivity index (χ0n) is 10.8. The SMILES string of the molecule is O=C(Nc1ccc(-n2cccn2)nc1)c1ncccc1Br. The molecule has 21 heavy (non-hydrogen) atoms. The molecule has 3 rings (SSSR count). The number of amides is 1. The number of carbonyl (C=O) groups excluding carboxylic acids is 1. The lowest BCUT2D eigenvalue weighted by Gasteiger charge is -2.06. The van der Waals surface area contributed by atoms with E-state index < -0.39 is 0 Å². The molecule has 0 saturated carbocycles. The molecule has 0 aromatic carbocycles. The molecule has 0 bridgehead atoms. The minimum atomic E-state index is -0.295. The van der Waals surface area contributed by atoms with Gasteiger partial charge < -0.3 is 5.32 Å². The van der Waals surface area contributed by atoms with E-state index in [4.69, 9.17) is 0 Å². The topological polar surface area (TPSA) is 72.7 Å². The average Bonchev–Trinajstić information content (AvgIpc) is 3.02. The van der Waals surface area contributed by atoms with Crippen molar-refractivity contribution in [1.29, 1.82) is 0 Å². The first-order chi connectivity index (χ1) is 10.2. The van der Waals surface area contributed by atoms with Gasteiger partial charge in [-0.1, -0.05) is 0 Å². The van der Waals surface area contributed by atoms with E-state index in [0.29, 0.717) is 21.7 Å². The molecule has 3 aromatic heterocycles. The number of aromatic nitrogens is 4. The van der Waals surface area contributed by atoms with Gasteiger partial charge in [-0.15, -0.1) is 0 Å². The molecule has 104 valence electrons. The van der Waals surface area contributed by atoms with Crippen LogP contribution in [0.1, 0.15) is 10.5 Å². The van der Waals surface area contributed by atoms with Gasteiger partial charge in [-0.3, -0.25) is 4.79 Å². The van der Waals surface area contributed by atoms with Crippen molar-refractivity contribution >= 4 is 27.5 Å². The molecule has 1 amide bonds. The summed E-state index contributed by atoms with van der Waals surface area (Å²) in [4.78, 5) is 20.4. The maximum atomic E-state index is 12.1. The van der Waals surface area contributed by atoms with Crippen LogP contribution in [0.2, 0.25) is 0 Å². The van der Waals surface area contributed by atoms with E-state index in [1.807, 2.05) is 6.07 Å². The van der Waals surface area contributed by atoms with Crippen molar-refractivity contribution in [1.82, 2.24) is 19.7 Å². The standard InChI is InChI=1S/C14H10BrN5O/c15-11-3-1-6-16-13(11)14(21)19-10-4-5-12(17-9-10)20-8-2-7-18-20/h1-9H,(H,19,21). The van der Waals surface area contributed by atoms with Crippen LogP contribution < -0.4 is 5.32 Å². The largest absolute Gasteiger partial charge is 0.319 e. The number of hydrogen-bond acceptors (Lipinski definition) is 4. The Labute approximate surface area is 129 Å². The Morgan fingerprint density at radius 3 is 2.71 bits per heavy atom. The number of rotatable bonds is 3. The summed E-state index contributed by atoms with van der Waals surface area (Å²) in [7, 11) is 0. The second kappa shape index (κ2) is 5.84. The van der Waals surface area contributed by atoms with E-state index >= 15 is 0 Å². The quantitative estimate of drug-likeness (QED) is 0.793. The molecule has 3 heterocycles. The van der Waals surface area contributed by atoms with Crippen LogP contribution in [0.25, 0.3) is 5.82 Å². The Kier molecular flexibility index (Phi) is 3.74. The number of carbonyl (C=O) groups is 1. The first-order valence-electron chi connectivity index (χ1n) is 6.12. The van der Waals surface area contributed by atoms with Crippen LogP contribution in [0, 0.1) is 0 Å². The Morgan fingerprint density at radius 1 is 1.14 bits per heavy atom. The van der Waals surface area contributed by atoms with Gasteiger partial charge in [-0.2, -0.15) is 5.10 Å². The van der Waals surface area contributed by atoms with Crippen LogP contribution in [0.3, 0.4) is 0 Å². The van der Waals surface area contributed by atoms with Crippen LogP contribution in [0.4, 0.5) is 5.69 Å². The minimum Gasteiger partial charge on any atom is -0.319 e. The van der Waals surface area contributed by atoms with Gasteiger partial charge in [-0.25, -0.2) is 14.6 Å². The molecule has 0 atom stereocenters. The lowest BCUT2D eigenvalue weighted by atomic mass is 10.3. The average molecular weight is 344 g/mol. The molecule has 7 heteroatoms. The van der Waals surface area contributed by atoms with Crippen molar-refractivity contribution in [2.45, 2.75) is 0 Å². The molecule has 6 nitrogen and oxygen atoms in total. The molecular formula is C14H10BrN5O. The second-order valence-electron chi connectivity index (χ2n) is 4.14. The Bertz CT molecular complexity index is 755. The van der Waals surface area contributed by atoms with Crippen molar-refractivity contribution < 1.29 is 4.79 Å². The van der Waals surface area contributed by atoms with Crippen LogP contribution in [-0.4, -0.2) is 25.7 Å². The zero-order chi connectivity index (χ0) is 14.7. The summed E-state index contributed by atoms with van der Waals surface area (Å²) >= 11 is 3.30. The maximum absolute atomic E-state index is 12.1. The Morgan fingerprint density at radius 2 is 2.05 bits per heavy atom. The maximum Gasteiger partial charge on any atom is 0.275 e. The Hall–Kier alpha value is -2.54. The van der Waals surface area contributed by atoms with Crippen molar-refractivity contribution in [2.75, 3.05) is 5.32 Å². The summed E-state index contributed by atoms with van der Waals surface area (Å²) < 4.78 is 2.28. The smallest absolute Gasteiger partial charge is 0.275 e. The molecule has 0 aliphatic carbocycles. The molecule has 0 unspecified atom stereocenters. The highest BCUT2D eigenvalue weighted by molar-refractivity contribution is 9.10. The van der Waals surface area contributed by atoms with E-state index in [9.17, 15) is 4.79 Å². The fourth-order valence-corrected chi connectivity index (χ4v) is 2.18. The zero-order valence-corrected chi connectivity index (χ0v) is 12.4. The Balaban J connectivity index is 1.77. The monoisotopic (exact) mass is 343 g/mol. The number of pyridine rings is 2. The molecule has 0 aliphatic heterocycles. The number of halogens is 1. The first kappa shape index (κ1) is 13.4. The normalized spacial score (nSPS) is 10.3. The van der Waals surface area contributed by atoms with Gasteiger partial charge in [0, 0.05) is 23.1 Å². The van der Waals surface area contributed by atoms with E-state index in [1.54, 1.807) is 53.7 Å². The van der Waals surface area contributed by atoms with Gasteiger partial charge in [0.05, 0.1) is 11.9 Å². The summed E-state index contributed by atoms with van der Waals surface area (Å²) in [6.45, 7) is 0. The van der Waals surface area contributed by atoms with Gasteiger partial charge in [-0.05, 0) is 46.3 Å². The van der Waals surface area contributed by atoms with Crippen molar-refractivity contribution in [2.24, 2.45) is 0 Å². The highest BCUT2D eigenvalue weighted by atomic mass is 79.9. The summed E-state index contributed by atoms with van der Waals surface area (Å²) in [6.07, 6.45) is 6.62. The predicted molar refractivity (Wildman–Crippen MR) is 81.2 cm³/mol. The second-order valence-corrected chi connectivity index (χ2v) is 5.00.